The van der Waals surface area contributed by atoms with Crippen LogP contribution in [0.4, 0.5) is 0 Å². The minimum Gasteiger partial charge on any atom is -0.466 e. The molecule has 0 aromatic heterocycles. The van der Waals surface area contributed by atoms with Gasteiger partial charge in [0.25, 0.3) is 0 Å². The molecule has 2 atom stereocenters. The van der Waals surface area contributed by atoms with Gasteiger partial charge in [-0.05, 0) is 51.4 Å². The van der Waals surface area contributed by atoms with Crippen molar-refractivity contribution in [2.45, 2.75) is 334 Å². The van der Waals surface area contributed by atoms with Crippen molar-refractivity contribution in [3.05, 3.63) is 12.2 Å². The maximum absolute atomic E-state index is 12.5. The zero-order chi connectivity index (χ0) is 46.5. The van der Waals surface area contributed by atoms with Crippen LogP contribution in [0.25, 0.3) is 0 Å². The van der Waals surface area contributed by atoms with Gasteiger partial charge in [-0.1, -0.05) is 270 Å². The molecule has 0 saturated heterocycles. The van der Waals surface area contributed by atoms with Crippen LogP contribution in [0.5, 0.6) is 0 Å². The maximum Gasteiger partial charge on any atom is 0.305 e. The van der Waals surface area contributed by atoms with E-state index in [1.54, 1.807) is 0 Å². The molecule has 64 heavy (non-hydrogen) atoms. The largest absolute Gasteiger partial charge is 0.466 e. The standard InChI is InChI=1S/C58H113NO5/c1-3-5-7-9-11-13-15-17-18-19-20-21-24-27-30-34-38-42-46-50-56(61)55(54-60)59-57(62)51-47-43-39-35-31-28-25-22-23-26-29-33-37-41-45-49-53-64-58(63)52-48-44-40-36-32-16-14-12-10-8-6-4-2/h22,25,55-56,60-61H,3-21,23-24,26-54H2,1-2H3,(H,59,62)/b25-22-. The molecule has 0 aliphatic rings. The quantitative estimate of drug-likeness (QED) is 0.0321. The topological polar surface area (TPSA) is 95.9 Å². The van der Waals surface area contributed by atoms with E-state index in [0.29, 0.717) is 25.9 Å². The second-order valence-corrected chi connectivity index (χ2v) is 20.0. The third-order valence-electron chi connectivity index (χ3n) is 13.6. The molecule has 1 amide bonds. The molecule has 0 rings (SSSR count). The van der Waals surface area contributed by atoms with Crippen molar-refractivity contribution in [1.29, 1.82) is 0 Å². The molecule has 0 aliphatic heterocycles. The summed E-state index contributed by atoms with van der Waals surface area (Å²) in [6.45, 7) is 4.95. The summed E-state index contributed by atoms with van der Waals surface area (Å²) in [4.78, 5) is 24.5. The number of amides is 1. The summed E-state index contributed by atoms with van der Waals surface area (Å²) in [5.74, 6) is -0.0504. The van der Waals surface area contributed by atoms with Gasteiger partial charge < -0.3 is 20.3 Å². The van der Waals surface area contributed by atoms with E-state index in [9.17, 15) is 19.8 Å². The van der Waals surface area contributed by atoms with Crippen molar-refractivity contribution in [1.82, 2.24) is 5.32 Å². The molecule has 0 bridgehead atoms. The van der Waals surface area contributed by atoms with E-state index >= 15 is 0 Å². The van der Waals surface area contributed by atoms with Gasteiger partial charge in [-0.2, -0.15) is 0 Å². The van der Waals surface area contributed by atoms with Crippen LogP contribution in [0.3, 0.4) is 0 Å². The van der Waals surface area contributed by atoms with Crippen molar-refractivity contribution >= 4 is 11.9 Å². The Morgan fingerprint density at radius 2 is 0.734 bits per heavy atom. The van der Waals surface area contributed by atoms with E-state index in [-0.39, 0.29) is 18.5 Å². The smallest absolute Gasteiger partial charge is 0.305 e. The fourth-order valence-corrected chi connectivity index (χ4v) is 9.11. The molecule has 0 radical (unpaired) electrons. The van der Waals surface area contributed by atoms with Crippen LogP contribution >= 0.6 is 0 Å². The number of aliphatic hydroxyl groups excluding tert-OH is 2. The summed E-state index contributed by atoms with van der Waals surface area (Å²) in [6, 6.07) is -0.553. The number of allylic oxidation sites excluding steroid dienone is 2. The number of ether oxygens (including phenoxy) is 1. The number of carbonyl (C=O) groups is 2. The Labute approximate surface area is 399 Å². The minimum absolute atomic E-state index is 0.00144. The Bertz CT molecular complexity index is 955. The highest BCUT2D eigenvalue weighted by Crippen LogP contribution is 2.17. The fourth-order valence-electron chi connectivity index (χ4n) is 9.11. The van der Waals surface area contributed by atoms with E-state index in [2.05, 4.69) is 31.3 Å². The van der Waals surface area contributed by atoms with Crippen LogP contribution in [0.2, 0.25) is 0 Å². The maximum atomic E-state index is 12.5. The number of hydrogen-bond donors (Lipinski definition) is 3. The molecule has 0 aliphatic carbocycles. The second-order valence-electron chi connectivity index (χ2n) is 20.0. The highest BCUT2D eigenvalue weighted by atomic mass is 16.5. The summed E-state index contributed by atoms with van der Waals surface area (Å²) in [6.07, 6.45) is 63.4. The van der Waals surface area contributed by atoms with E-state index in [0.717, 1.165) is 64.2 Å². The molecule has 0 heterocycles. The van der Waals surface area contributed by atoms with Crippen LogP contribution in [-0.4, -0.2) is 47.4 Å². The monoisotopic (exact) mass is 904 g/mol. The number of aliphatic hydroxyl groups is 2. The average Bonchev–Trinajstić information content (AvgIpc) is 3.29. The van der Waals surface area contributed by atoms with Gasteiger partial charge in [-0.25, -0.2) is 0 Å². The highest BCUT2D eigenvalue weighted by Gasteiger charge is 2.20. The zero-order valence-corrected chi connectivity index (χ0v) is 43.3. The van der Waals surface area contributed by atoms with Crippen molar-refractivity contribution in [2.75, 3.05) is 13.2 Å². The zero-order valence-electron chi connectivity index (χ0n) is 43.3. The van der Waals surface area contributed by atoms with Gasteiger partial charge in [0, 0.05) is 12.8 Å². The molecular weight excluding hydrogens is 791 g/mol. The molecule has 6 nitrogen and oxygen atoms in total. The van der Waals surface area contributed by atoms with Crippen molar-refractivity contribution in [3.8, 4) is 0 Å². The van der Waals surface area contributed by atoms with E-state index in [4.69, 9.17) is 4.74 Å². The second kappa shape index (κ2) is 54.2. The van der Waals surface area contributed by atoms with Gasteiger partial charge >= 0.3 is 5.97 Å². The lowest BCUT2D eigenvalue weighted by Crippen LogP contribution is -2.45. The molecule has 0 aromatic rings. The predicted octanol–water partition coefficient (Wildman–Crippen LogP) is 17.7. The number of carbonyl (C=O) groups excluding carboxylic acids is 2. The van der Waals surface area contributed by atoms with Crippen molar-refractivity contribution < 1.29 is 24.5 Å². The van der Waals surface area contributed by atoms with Gasteiger partial charge in [0.15, 0.2) is 0 Å². The normalized spacial score (nSPS) is 12.6. The Morgan fingerprint density at radius 1 is 0.422 bits per heavy atom. The van der Waals surface area contributed by atoms with Crippen LogP contribution in [0.1, 0.15) is 322 Å². The lowest BCUT2D eigenvalue weighted by atomic mass is 10.0. The third-order valence-corrected chi connectivity index (χ3v) is 13.6. The van der Waals surface area contributed by atoms with E-state index < -0.39 is 12.1 Å². The Hall–Kier alpha value is -1.40. The lowest BCUT2D eigenvalue weighted by Gasteiger charge is -2.22. The third kappa shape index (κ3) is 50.0. The van der Waals surface area contributed by atoms with Crippen molar-refractivity contribution in [3.63, 3.8) is 0 Å². The molecule has 0 fully saturated rings. The van der Waals surface area contributed by atoms with Gasteiger partial charge in [-0.15, -0.1) is 0 Å². The average molecular weight is 905 g/mol. The fraction of sp³-hybridized carbons (Fsp3) is 0.931. The summed E-state index contributed by atoms with van der Waals surface area (Å²) < 4.78 is 5.46. The minimum atomic E-state index is -0.674. The highest BCUT2D eigenvalue weighted by molar-refractivity contribution is 5.76. The molecular formula is C58H113NO5. The Morgan fingerprint density at radius 3 is 1.11 bits per heavy atom. The van der Waals surface area contributed by atoms with Gasteiger partial charge in [0.1, 0.15) is 0 Å². The first-order chi connectivity index (χ1) is 31.5. The summed E-state index contributed by atoms with van der Waals surface area (Å²) >= 11 is 0. The predicted molar refractivity (Wildman–Crippen MR) is 278 cm³/mol. The molecule has 0 saturated carbocycles. The molecule has 6 heteroatoms. The van der Waals surface area contributed by atoms with Crippen LogP contribution in [-0.2, 0) is 14.3 Å². The van der Waals surface area contributed by atoms with Gasteiger partial charge in [0.05, 0.1) is 25.4 Å². The van der Waals surface area contributed by atoms with Crippen molar-refractivity contribution in [2.24, 2.45) is 0 Å². The van der Waals surface area contributed by atoms with E-state index in [1.165, 1.54) is 225 Å². The Kier molecular flexibility index (Phi) is 53.0. The van der Waals surface area contributed by atoms with Crippen LogP contribution in [0.15, 0.2) is 12.2 Å². The summed E-state index contributed by atoms with van der Waals surface area (Å²) in [5, 5.41) is 23.3. The first-order valence-electron chi connectivity index (χ1n) is 28.9. The lowest BCUT2D eigenvalue weighted by molar-refractivity contribution is -0.143. The SMILES string of the molecule is CCCCCCCCCCCCCCCCCCCCCC(O)C(CO)NC(=O)CCCCCCC/C=C\CCCCCCCCCOC(=O)CCCCCCCCCCCCCC. The van der Waals surface area contributed by atoms with E-state index in [1.807, 2.05) is 0 Å². The molecule has 0 spiro atoms. The van der Waals surface area contributed by atoms with Gasteiger partial charge in [-0.3, -0.25) is 9.59 Å². The molecule has 0 aromatic carbocycles. The van der Waals surface area contributed by atoms with Crippen LogP contribution in [0, 0.1) is 0 Å². The Balaban J connectivity index is 3.46. The molecule has 2 unspecified atom stereocenters. The number of esters is 1. The number of nitrogens with one attached hydrogen (secondary N) is 1. The first kappa shape index (κ1) is 62.6. The summed E-state index contributed by atoms with van der Waals surface area (Å²) in [7, 11) is 0. The number of rotatable bonds is 54. The summed E-state index contributed by atoms with van der Waals surface area (Å²) in [5.41, 5.74) is 0. The van der Waals surface area contributed by atoms with Gasteiger partial charge in [0.2, 0.25) is 5.91 Å². The number of unbranched alkanes of at least 4 members (excludes halogenated alkanes) is 41. The first-order valence-corrected chi connectivity index (χ1v) is 28.9. The molecule has 3 N–H and O–H groups in total. The molecule has 380 valence electrons. The van der Waals surface area contributed by atoms with Crippen LogP contribution < -0.4 is 5.32 Å². The number of hydrogen-bond acceptors (Lipinski definition) is 5.